The highest BCUT2D eigenvalue weighted by Gasteiger charge is 2.19. The van der Waals surface area contributed by atoms with Crippen molar-refractivity contribution in [2.24, 2.45) is 0 Å². The Morgan fingerprint density at radius 2 is 1.84 bits per heavy atom. The van der Waals surface area contributed by atoms with Gasteiger partial charge in [0.15, 0.2) is 18.1 Å². The standard InChI is InChI=1S/C24H28N2O5/c1-4-7-17-8-11-21(22(14-17)29-2)31-16-23(27)25-19-15-18(24(28)30-3)9-10-20(19)26-12-5-6-13-26/h4,7-11,14-15H,5-6,12-13,16H2,1-3H3,(H,25,27)/b7-4+. The van der Waals surface area contributed by atoms with Gasteiger partial charge < -0.3 is 24.4 Å². The van der Waals surface area contributed by atoms with E-state index in [1.807, 2.05) is 37.3 Å². The van der Waals surface area contributed by atoms with Crippen molar-refractivity contribution in [3.8, 4) is 11.5 Å². The summed E-state index contributed by atoms with van der Waals surface area (Å²) >= 11 is 0. The van der Waals surface area contributed by atoms with Gasteiger partial charge in [-0.15, -0.1) is 0 Å². The molecule has 1 aliphatic heterocycles. The van der Waals surface area contributed by atoms with Gasteiger partial charge in [0.2, 0.25) is 0 Å². The third-order valence-corrected chi connectivity index (χ3v) is 5.04. The van der Waals surface area contributed by atoms with Crippen LogP contribution >= 0.6 is 0 Å². The summed E-state index contributed by atoms with van der Waals surface area (Å²) in [6.45, 7) is 3.56. The summed E-state index contributed by atoms with van der Waals surface area (Å²) in [4.78, 5) is 26.8. The molecule has 1 heterocycles. The van der Waals surface area contributed by atoms with Gasteiger partial charge in [0.25, 0.3) is 5.91 Å². The molecule has 7 nitrogen and oxygen atoms in total. The van der Waals surface area contributed by atoms with Crippen LogP contribution in [0.2, 0.25) is 0 Å². The molecule has 2 aromatic rings. The zero-order chi connectivity index (χ0) is 22.2. The Hall–Kier alpha value is -3.48. The molecular formula is C24H28N2O5. The molecule has 0 radical (unpaired) electrons. The van der Waals surface area contributed by atoms with E-state index in [0.29, 0.717) is 22.7 Å². The topological polar surface area (TPSA) is 77.1 Å². The molecule has 1 saturated heterocycles. The highest BCUT2D eigenvalue weighted by molar-refractivity contribution is 5.98. The second-order valence-electron chi connectivity index (χ2n) is 7.16. The lowest BCUT2D eigenvalue weighted by Gasteiger charge is -2.22. The molecule has 7 heteroatoms. The van der Waals surface area contributed by atoms with Crippen LogP contribution in [0.4, 0.5) is 11.4 Å². The largest absolute Gasteiger partial charge is 0.493 e. The number of allylic oxidation sites excluding steroid dienone is 1. The van der Waals surface area contributed by atoms with Crippen LogP contribution in [0.5, 0.6) is 11.5 Å². The molecule has 1 N–H and O–H groups in total. The van der Waals surface area contributed by atoms with Gasteiger partial charge in [-0.05, 0) is 55.7 Å². The maximum absolute atomic E-state index is 12.6. The minimum absolute atomic E-state index is 0.193. The predicted octanol–water partition coefficient (Wildman–Crippen LogP) is 4.13. The summed E-state index contributed by atoms with van der Waals surface area (Å²) in [5.41, 5.74) is 2.80. The third-order valence-electron chi connectivity index (χ3n) is 5.04. The van der Waals surface area contributed by atoms with Crippen LogP contribution in [-0.4, -0.2) is 45.8 Å². The lowest BCUT2D eigenvalue weighted by atomic mass is 10.1. The SMILES string of the molecule is C/C=C/c1ccc(OCC(=O)Nc2cc(C(=O)OC)ccc2N2CCCC2)c(OC)c1. The molecule has 1 amide bonds. The van der Waals surface area contributed by atoms with Crippen molar-refractivity contribution in [2.75, 3.05) is 44.1 Å². The number of benzene rings is 2. The van der Waals surface area contributed by atoms with E-state index in [-0.39, 0.29) is 12.5 Å². The van der Waals surface area contributed by atoms with Crippen molar-refractivity contribution in [1.29, 1.82) is 0 Å². The van der Waals surface area contributed by atoms with E-state index in [0.717, 1.165) is 37.2 Å². The van der Waals surface area contributed by atoms with Gasteiger partial charge >= 0.3 is 5.97 Å². The van der Waals surface area contributed by atoms with Crippen LogP contribution < -0.4 is 19.7 Å². The van der Waals surface area contributed by atoms with Gasteiger partial charge in [-0.1, -0.05) is 18.2 Å². The van der Waals surface area contributed by atoms with E-state index in [1.165, 1.54) is 7.11 Å². The van der Waals surface area contributed by atoms with E-state index < -0.39 is 5.97 Å². The third kappa shape index (κ3) is 5.57. The maximum Gasteiger partial charge on any atom is 0.337 e. The van der Waals surface area contributed by atoms with Gasteiger partial charge in [0.05, 0.1) is 31.2 Å². The molecule has 3 rings (SSSR count). The Bertz CT molecular complexity index is 964. The number of rotatable bonds is 8. The number of hydrogen-bond donors (Lipinski definition) is 1. The first-order chi connectivity index (χ1) is 15.0. The van der Waals surface area contributed by atoms with E-state index in [1.54, 1.807) is 25.3 Å². The number of ether oxygens (including phenoxy) is 3. The molecule has 0 aromatic heterocycles. The molecule has 1 aliphatic rings. The number of amides is 1. The van der Waals surface area contributed by atoms with Crippen molar-refractivity contribution < 1.29 is 23.8 Å². The maximum atomic E-state index is 12.6. The van der Waals surface area contributed by atoms with E-state index in [2.05, 4.69) is 10.2 Å². The smallest absolute Gasteiger partial charge is 0.337 e. The van der Waals surface area contributed by atoms with Crippen molar-refractivity contribution in [3.63, 3.8) is 0 Å². The summed E-state index contributed by atoms with van der Waals surface area (Å²) in [5, 5.41) is 2.88. The zero-order valence-corrected chi connectivity index (χ0v) is 18.1. The zero-order valence-electron chi connectivity index (χ0n) is 18.1. The summed E-state index contributed by atoms with van der Waals surface area (Å²) in [6.07, 6.45) is 6.08. The van der Waals surface area contributed by atoms with Crippen LogP contribution in [0.3, 0.4) is 0 Å². The Morgan fingerprint density at radius 3 is 2.52 bits per heavy atom. The van der Waals surface area contributed by atoms with E-state index in [9.17, 15) is 9.59 Å². The number of carbonyl (C=O) groups is 2. The molecule has 1 fully saturated rings. The number of carbonyl (C=O) groups excluding carboxylic acids is 2. The van der Waals surface area contributed by atoms with Crippen LogP contribution in [0.25, 0.3) is 6.08 Å². The fourth-order valence-electron chi connectivity index (χ4n) is 3.54. The Labute approximate surface area is 182 Å². The van der Waals surface area contributed by atoms with Crippen LogP contribution in [0, 0.1) is 0 Å². The number of hydrogen-bond acceptors (Lipinski definition) is 6. The average Bonchev–Trinajstić information content (AvgIpc) is 3.32. The molecule has 0 unspecified atom stereocenters. The van der Waals surface area contributed by atoms with Crippen molar-refractivity contribution in [1.82, 2.24) is 0 Å². The molecule has 0 spiro atoms. The van der Waals surface area contributed by atoms with Crippen molar-refractivity contribution in [3.05, 3.63) is 53.6 Å². The summed E-state index contributed by atoms with van der Waals surface area (Å²) in [6, 6.07) is 10.7. The van der Waals surface area contributed by atoms with Gasteiger partial charge in [-0.2, -0.15) is 0 Å². The minimum Gasteiger partial charge on any atom is -0.493 e. The molecule has 0 atom stereocenters. The molecule has 31 heavy (non-hydrogen) atoms. The monoisotopic (exact) mass is 424 g/mol. The number of esters is 1. The van der Waals surface area contributed by atoms with Gasteiger partial charge in [0, 0.05) is 13.1 Å². The van der Waals surface area contributed by atoms with Crippen molar-refractivity contribution >= 4 is 29.3 Å². The first-order valence-electron chi connectivity index (χ1n) is 10.3. The Kier molecular flexibility index (Phi) is 7.54. The summed E-state index contributed by atoms with van der Waals surface area (Å²) in [5.74, 6) is 0.246. The highest BCUT2D eigenvalue weighted by Crippen LogP contribution is 2.31. The minimum atomic E-state index is -0.453. The molecule has 164 valence electrons. The predicted molar refractivity (Wildman–Crippen MR) is 121 cm³/mol. The highest BCUT2D eigenvalue weighted by atomic mass is 16.5. The van der Waals surface area contributed by atoms with Crippen LogP contribution in [0.1, 0.15) is 35.7 Å². The number of methoxy groups -OCH3 is 2. The van der Waals surface area contributed by atoms with Crippen molar-refractivity contribution in [2.45, 2.75) is 19.8 Å². The number of anilines is 2. The van der Waals surface area contributed by atoms with E-state index >= 15 is 0 Å². The fourth-order valence-corrected chi connectivity index (χ4v) is 3.54. The van der Waals surface area contributed by atoms with Crippen LogP contribution in [0.15, 0.2) is 42.5 Å². The molecular weight excluding hydrogens is 396 g/mol. The number of nitrogens with zero attached hydrogens (tertiary/aromatic N) is 1. The lowest BCUT2D eigenvalue weighted by molar-refractivity contribution is -0.118. The van der Waals surface area contributed by atoms with E-state index in [4.69, 9.17) is 14.2 Å². The average molecular weight is 424 g/mol. The lowest BCUT2D eigenvalue weighted by Crippen LogP contribution is -2.24. The second-order valence-corrected chi connectivity index (χ2v) is 7.16. The molecule has 0 aliphatic carbocycles. The molecule has 2 aromatic carbocycles. The Morgan fingerprint density at radius 1 is 1.06 bits per heavy atom. The summed E-state index contributed by atoms with van der Waals surface area (Å²) < 4.78 is 15.9. The van der Waals surface area contributed by atoms with Crippen LogP contribution in [-0.2, 0) is 9.53 Å². The number of nitrogens with one attached hydrogen (secondary N) is 1. The quantitative estimate of drug-likeness (QED) is 0.642. The van der Waals surface area contributed by atoms with Gasteiger partial charge in [0.1, 0.15) is 0 Å². The second kappa shape index (κ2) is 10.5. The normalized spacial score (nSPS) is 13.3. The first kappa shape index (κ1) is 22.2. The molecule has 0 saturated carbocycles. The van der Waals surface area contributed by atoms with Gasteiger partial charge in [-0.3, -0.25) is 4.79 Å². The van der Waals surface area contributed by atoms with Gasteiger partial charge in [-0.25, -0.2) is 4.79 Å². The first-order valence-corrected chi connectivity index (χ1v) is 10.3. The fraction of sp³-hybridized carbons (Fsp3) is 0.333. The molecule has 0 bridgehead atoms. The Balaban J connectivity index is 1.74. The summed E-state index contributed by atoms with van der Waals surface area (Å²) in [7, 11) is 2.89.